The van der Waals surface area contributed by atoms with Gasteiger partial charge in [0.2, 0.25) is 0 Å². The summed E-state index contributed by atoms with van der Waals surface area (Å²) in [5.74, 6) is 0.665. The summed E-state index contributed by atoms with van der Waals surface area (Å²) in [6.45, 7) is 4.97. The van der Waals surface area contributed by atoms with Crippen LogP contribution in [-0.2, 0) is 9.84 Å². The molecule has 5 nitrogen and oxygen atoms in total. The van der Waals surface area contributed by atoms with E-state index in [-0.39, 0.29) is 17.5 Å². The summed E-state index contributed by atoms with van der Waals surface area (Å²) in [6, 6.07) is 12.8. The van der Waals surface area contributed by atoms with Gasteiger partial charge in [0.15, 0.2) is 9.84 Å². The average Bonchev–Trinajstić information content (AvgIpc) is 2.72. The van der Waals surface area contributed by atoms with Crippen LogP contribution < -0.4 is 5.32 Å². The van der Waals surface area contributed by atoms with Crippen LogP contribution in [0.1, 0.15) is 58.8 Å². The van der Waals surface area contributed by atoms with Crippen LogP contribution in [0.3, 0.4) is 0 Å². The molecule has 1 aliphatic carbocycles. The molecule has 0 radical (unpaired) electrons. The van der Waals surface area contributed by atoms with Crippen molar-refractivity contribution in [2.45, 2.75) is 56.0 Å². The Morgan fingerprint density at radius 3 is 2.16 bits per heavy atom. The Balaban J connectivity index is 1.75. The number of hydrogen-bond donors (Lipinski definition) is 1. The third kappa shape index (κ3) is 4.03. The van der Waals surface area contributed by atoms with E-state index >= 15 is 0 Å². The highest BCUT2D eigenvalue weighted by Gasteiger charge is 2.50. The lowest BCUT2D eigenvalue weighted by Gasteiger charge is -2.57. The van der Waals surface area contributed by atoms with Crippen molar-refractivity contribution in [2.75, 3.05) is 19.8 Å². The topological polar surface area (TPSA) is 66.5 Å². The summed E-state index contributed by atoms with van der Waals surface area (Å²) in [5.41, 5.74) is 3.44. The van der Waals surface area contributed by atoms with Crippen LogP contribution in [-0.4, -0.2) is 44.6 Å². The molecule has 1 amide bonds. The number of fused-ring (bicyclic) bond motifs is 3. The van der Waals surface area contributed by atoms with Gasteiger partial charge in [-0.05, 0) is 81.3 Å². The molecule has 166 valence electrons. The number of sulfone groups is 1. The maximum absolute atomic E-state index is 13.5. The molecule has 2 aliphatic heterocycles. The Labute approximate surface area is 185 Å². The van der Waals surface area contributed by atoms with E-state index in [2.05, 4.69) is 17.3 Å². The Morgan fingerprint density at radius 2 is 1.65 bits per heavy atom. The monoisotopic (exact) mass is 440 g/mol. The normalized spacial score (nSPS) is 24.7. The molecule has 1 N–H and O–H groups in total. The first kappa shape index (κ1) is 22.0. The smallest absolute Gasteiger partial charge is 0.252 e. The Hall–Kier alpha value is -2.18. The maximum Gasteiger partial charge on any atom is 0.252 e. The average molecular weight is 441 g/mol. The second-order valence-electron chi connectivity index (χ2n) is 9.44. The van der Waals surface area contributed by atoms with E-state index in [1.54, 1.807) is 12.1 Å². The Morgan fingerprint density at radius 1 is 1.06 bits per heavy atom. The molecule has 1 atom stereocenters. The molecule has 2 heterocycles. The van der Waals surface area contributed by atoms with Gasteiger partial charge < -0.3 is 5.32 Å². The molecule has 0 aromatic heterocycles. The molecule has 1 saturated carbocycles. The summed E-state index contributed by atoms with van der Waals surface area (Å²) in [4.78, 5) is 16.2. The van der Waals surface area contributed by atoms with Gasteiger partial charge in [-0.1, -0.05) is 30.3 Å². The SMILES string of the molecule is Cc1cccc(C)c1C(=O)N[C@H](c1ccc(S(C)(=O)=O)cc1)C12CCC(CC1)CN2C. The highest BCUT2D eigenvalue weighted by Crippen LogP contribution is 2.49. The van der Waals surface area contributed by atoms with E-state index in [0.717, 1.165) is 47.6 Å². The fourth-order valence-electron chi connectivity index (χ4n) is 5.63. The molecule has 2 aromatic carbocycles. The first-order valence-electron chi connectivity index (χ1n) is 11.0. The van der Waals surface area contributed by atoms with Gasteiger partial charge in [-0.3, -0.25) is 9.69 Å². The number of aryl methyl sites for hydroxylation is 2. The molecule has 0 unspecified atom stereocenters. The van der Waals surface area contributed by atoms with Gasteiger partial charge in [0.1, 0.15) is 0 Å². The summed E-state index contributed by atoms with van der Waals surface area (Å²) in [6.07, 6.45) is 5.61. The largest absolute Gasteiger partial charge is 0.343 e. The minimum atomic E-state index is -3.27. The van der Waals surface area contributed by atoms with Gasteiger partial charge in [0.25, 0.3) is 5.91 Å². The fourth-order valence-corrected chi connectivity index (χ4v) is 6.26. The van der Waals surface area contributed by atoms with Crippen LogP contribution >= 0.6 is 0 Å². The van der Waals surface area contributed by atoms with Crippen molar-refractivity contribution in [2.24, 2.45) is 5.92 Å². The number of nitrogens with one attached hydrogen (secondary N) is 1. The van der Waals surface area contributed by atoms with E-state index in [9.17, 15) is 13.2 Å². The number of hydrogen-bond acceptors (Lipinski definition) is 4. The van der Waals surface area contributed by atoms with Gasteiger partial charge >= 0.3 is 0 Å². The Bertz CT molecular complexity index is 1060. The van der Waals surface area contributed by atoms with Crippen LogP contribution in [0, 0.1) is 19.8 Å². The lowest BCUT2D eigenvalue weighted by atomic mass is 9.65. The number of carbonyl (C=O) groups is 1. The summed E-state index contributed by atoms with van der Waals surface area (Å²) < 4.78 is 23.9. The van der Waals surface area contributed by atoms with Crippen LogP contribution in [0.15, 0.2) is 47.4 Å². The first-order valence-corrected chi connectivity index (χ1v) is 12.9. The van der Waals surface area contributed by atoms with E-state index in [4.69, 9.17) is 0 Å². The van der Waals surface area contributed by atoms with Gasteiger partial charge in [-0.25, -0.2) is 8.42 Å². The molecule has 2 saturated heterocycles. The highest BCUT2D eigenvalue weighted by atomic mass is 32.2. The van der Waals surface area contributed by atoms with Crippen LogP contribution in [0.5, 0.6) is 0 Å². The Kier molecular flexibility index (Phi) is 5.73. The number of nitrogens with zero attached hydrogens (tertiary/aromatic N) is 1. The minimum Gasteiger partial charge on any atom is -0.343 e. The number of benzene rings is 2. The van der Waals surface area contributed by atoms with Crippen molar-refractivity contribution in [3.8, 4) is 0 Å². The van der Waals surface area contributed by atoms with Crippen LogP contribution in [0.4, 0.5) is 0 Å². The molecule has 2 bridgehead atoms. The summed E-state index contributed by atoms with van der Waals surface area (Å²) in [7, 11) is -1.11. The quantitative estimate of drug-likeness (QED) is 0.762. The van der Waals surface area contributed by atoms with Gasteiger partial charge in [0.05, 0.1) is 10.9 Å². The predicted molar refractivity (Wildman–Crippen MR) is 123 cm³/mol. The zero-order valence-electron chi connectivity index (χ0n) is 18.8. The van der Waals surface area contributed by atoms with E-state index in [1.807, 2.05) is 44.2 Å². The standard InChI is InChI=1S/C25H32N2O3S/c1-17-6-5-7-18(2)22(17)24(28)26-23(20-8-10-21(11-9-20)31(4,29)30)25-14-12-19(13-15-25)16-27(25)3/h5-11,19,23H,12-16H2,1-4H3,(H,26,28)/t19?,23-,25?/m1/s1. The number of carbonyl (C=O) groups excluding carboxylic acids is 1. The van der Waals surface area contributed by atoms with Crippen molar-refractivity contribution in [1.29, 1.82) is 0 Å². The molecule has 3 aliphatic rings. The zero-order valence-corrected chi connectivity index (χ0v) is 19.6. The van der Waals surface area contributed by atoms with Crippen molar-refractivity contribution < 1.29 is 13.2 Å². The molecule has 5 rings (SSSR count). The molecule has 31 heavy (non-hydrogen) atoms. The second kappa shape index (κ2) is 8.06. The summed E-state index contributed by atoms with van der Waals surface area (Å²) >= 11 is 0. The van der Waals surface area contributed by atoms with Gasteiger partial charge in [0, 0.05) is 23.9 Å². The number of amides is 1. The molecule has 3 fully saturated rings. The van der Waals surface area contributed by atoms with Crippen molar-refractivity contribution in [3.63, 3.8) is 0 Å². The molecular weight excluding hydrogens is 408 g/mol. The second-order valence-corrected chi connectivity index (χ2v) is 11.5. The maximum atomic E-state index is 13.5. The van der Waals surface area contributed by atoms with Crippen LogP contribution in [0.25, 0.3) is 0 Å². The number of rotatable bonds is 5. The van der Waals surface area contributed by atoms with E-state index < -0.39 is 9.84 Å². The highest BCUT2D eigenvalue weighted by molar-refractivity contribution is 7.90. The number of likely N-dealkylation sites (N-methyl/N-ethyl adjacent to an activating group) is 1. The fraction of sp³-hybridized carbons (Fsp3) is 0.480. The number of piperidine rings is 2. The minimum absolute atomic E-state index is 0.0664. The molecule has 6 heteroatoms. The first-order chi connectivity index (χ1) is 14.6. The van der Waals surface area contributed by atoms with E-state index in [1.165, 1.54) is 19.1 Å². The van der Waals surface area contributed by atoms with Gasteiger partial charge in [-0.2, -0.15) is 0 Å². The third-order valence-corrected chi connectivity index (χ3v) is 8.55. The van der Waals surface area contributed by atoms with Gasteiger partial charge in [-0.15, -0.1) is 0 Å². The lowest BCUT2D eigenvalue weighted by molar-refractivity contribution is -0.0404. The van der Waals surface area contributed by atoms with Crippen molar-refractivity contribution in [3.05, 3.63) is 64.7 Å². The van der Waals surface area contributed by atoms with Crippen LogP contribution in [0.2, 0.25) is 0 Å². The zero-order chi connectivity index (χ0) is 22.4. The lowest BCUT2D eigenvalue weighted by Crippen LogP contribution is -2.62. The molecular formula is C25H32N2O3S. The third-order valence-electron chi connectivity index (χ3n) is 7.43. The van der Waals surface area contributed by atoms with Crippen molar-refractivity contribution >= 4 is 15.7 Å². The van der Waals surface area contributed by atoms with Crippen molar-refractivity contribution in [1.82, 2.24) is 10.2 Å². The predicted octanol–water partition coefficient (Wildman–Crippen LogP) is 4.05. The summed E-state index contributed by atoms with van der Waals surface area (Å²) in [5, 5.41) is 3.38. The molecule has 2 aromatic rings. The molecule has 0 spiro atoms. The van der Waals surface area contributed by atoms with E-state index in [0.29, 0.717) is 4.90 Å².